The van der Waals surface area contributed by atoms with Crippen LogP contribution in [0.5, 0.6) is 5.75 Å². The number of imide groups is 1. The number of benzene rings is 2. The molecule has 65 heavy (non-hydrogen) atoms. The molecule has 344 valence electrons. The predicted octanol–water partition coefficient (Wildman–Crippen LogP) is 4.52. The molecule has 6 heterocycles. The minimum atomic E-state index is -0.787. The third kappa shape index (κ3) is 8.82. The van der Waals surface area contributed by atoms with E-state index in [1.165, 1.54) is 11.9 Å². The highest BCUT2D eigenvalue weighted by molar-refractivity contribution is 6.33. The van der Waals surface area contributed by atoms with Crippen molar-refractivity contribution in [3.8, 4) is 5.75 Å². The van der Waals surface area contributed by atoms with Crippen LogP contribution in [0.1, 0.15) is 81.3 Å². The fraction of sp³-hybridized carbons (Fsp3) is 0.500. The second-order valence-corrected chi connectivity index (χ2v) is 18.3. The van der Waals surface area contributed by atoms with Crippen molar-refractivity contribution in [3.05, 3.63) is 74.9 Å². The highest BCUT2D eigenvalue weighted by atomic mass is 35.5. The number of ether oxygens (including phenoxy) is 2. The zero-order valence-corrected chi connectivity index (χ0v) is 37.7. The van der Waals surface area contributed by atoms with Crippen LogP contribution in [0.15, 0.2) is 47.4 Å². The molecule has 3 saturated heterocycles. The second kappa shape index (κ2) is 18.2. The van der Waals surface area contributed by atoms with Gasteiger partial charge in [-0.3, -0.25) is 34.2 Å². The van der Waals surface area contributed by atoms with Crippen molar-refractivity contribution in [2.24, 2.45) is 0 Å². The van der Waals surface area contributed by atoms with E-state index in [1.54, 1.807) is 29.0 Å². The van der Waals surface area contributed by atoms with Crippen molar-refractivity contribution in [1.82, 2.24) is 35.0 Å². The van der Waals surface area contributed by atoms with Crippen molar-refractivity contribution in [2.45, 2.75) is 102 Å². The van der Waals surface area contributed by atoms with Gasteiger partial charge in [0.2, 0.25) is 17.8 Å². The zero-order chi connectivity index (χ0) is 45.7. The van der Waals surface area contributed by atoms with Gasteiger partial charge in [0.05, 0.1) is 36.2 Å². The molecule has 19 heteroatoms. The van der Waals surface area contributed by atoms with Gasteiger partial charge in [-0.25, -0.2) is 9.37 Å². The summed E-state index contributed by atoms with van der Waals surface area (Å²) in [5, 5.41) is 9.22. The summed E-state index contributed by atoms with van der Waals surface area (Å²) in [5.74, 6) is -0.913. The maximum absolute atomic E-state index is 16.1. The van der Waals surface area contributed by atoms with Gasteiger partial charge in [-0.2, -0.15) is 4.98 Å². The van der Waals surface area contributed by atoms with Crippen LogP contribution in [0.3, 0.4) is 0 Å². The van der Waals surface area contributed by atoms with Crippen LogP contribution in [-0.4, -0.2) is 125 Å². The standard InChI is InChI=1S/C46H54ClFN10O7/c1-25(2)58-35-7-5-28(17-27(35)18-38(45(58)63)64-24-40(60)49-4)51-42-34(47)21-50-46(53-42)54-13-11-30(12-14-54)65-31-19-29(20-31)56-16-15-55(22-26(56)3)36-8-6-32-33(41(36)48)23-57(44(32)62)37-9-10-39(59)52-43(37)61/h5-8,17-18,21,25-26,29-31,37H,9-16,19-20,22-24H2,1-4H3,(H,49,60)(H,50,51,53)(H,52,59,61)/t26-,29-,31-,37?/m0/s1. The Kier molecular flexibility index (Phi) is 12.4. The van der Waals surface area contributed by atoms with Gasteiger partial charge in [0.25, 0.3) is 17.4 Å². The Labute approximate surface area is 380 Å². The molecule has 4 aliphatic heterocycles. The second-order valence-electron chi connectivity index (χ2n) is 17.9. The van der Waals surface area contributed by atoms with Crippen molar-refractivity contribution in [1.29, 1.82) is 0 Å². The van der Waals surface area contributed by atoms with Crippen LogP contribution in [0.4, 0.5) is 27.5 Å². The van der Waals surface area contributed by atoms with E-state index in [1.807, 2.05) is 32.0 Å². The van der Waals surface area contributed by atoms with Crippen LogP contribution >= 0.6 is 11.6 Å². The van der Waals surface area contributed by atoms with E-state index in [9.17, 15) is 24.0 Å². The molecule has 4 aromatic rings. The van der Waals surface area contributed by atoms with Gasteiger partial charge in [0.1, 0.15) is 11.1 Å². The normalized spacial score (nSPS) is 22.9. The van der Waals surface area contributed by atoms with Crippen molar-refractivity contribution in [3.63, 3.8) is 0 Å². The number of halogens is 2. The first-order valence-corrected chi connectivity index (χ1v) is 22.8. The van der Waals surface area contributed by atoms with Gasteiger partial charge in [-0.05, 0) is 89.3 Å². The van der Waals surface area contributed by atoms with Gasteiger partial charge >= 0.3 is 0 Å². The average molecular weight is 913 g/mol. The molecular formula is C46H54ClFN10O7. The number of piperazine rings is 1. The number of nitrogens with zero attached hydrogens (tertiary/aromatic N) is 7. The van der Waals surface area contributed by atoms with Crippen LogP contribution in [-0.2, 0) is 25.7 Å². The summed E-state index contributed by atoms with van der Waals surface area (Å²) in [5.41, 5.74) is 2.16. The minimum absolute atomic E-state index is 0.00687. The Morgan fingerprint density at radius 1 is 1.00 bits per heavy atom. The largest absolute Gasteiger partial charge is 0.478 e. The molecule has 4 amide bonds. The molecule has 17 nitrogen and oxygen atoms in total. The number of carbonyl (C=O) groups is 4. The van der Waals surface area contributed by atoms with E-state index in [-0.39, 0.29) is 84.9 Å². The number of piperidine rings is 2. The van der Waals surface area contributed by atoms with Crippen molar-refractivity contribution >= 4 is 69.3 Å². The lowest BCUT2D eigenvalue weighted by molar-refractivity contribution is -0.137. The molecule has 5 aliphatic rings. The molecule has 2 aromatic heterocycles. The SMILES string of the molecule is CNC(=O)COc1cc2cc(Nc3nc(N4CCC(O[C@H]5C[C@H](N6CCN(c7ccc8c(c7F)CN(C7CCC(=O)NC7=O)C8=O)C[C@@H]6C)C5)CC4)ncc3Cl)ccc2n(C(C)C)c1=O. The Morgan fingerprint density at radius 3 is 2.51 bits per heavy atom. The molecule has 2 atom stereocenters. The molecule has 3 N–H and O–H groups in total. The Morgan fingerprint density at radius 2 is 1.78 bits per heavy atom. The van der Waals surface area contributed by atoms with Crippen LogP contribution in [0, 0.1) is 5.82 Å². The number of likely N-dealkylation sites (N-methyl/N-ethyl adjacent to an activating group) is 1. The van der Waals surface area contributed by atoms with Crippen LogP contribution in [0.25, 0.3) is 10.9 Å². The van der Waals surface area contributed by atoms with Gasteiger partial charge < -0.3 is 39.4 Å². The van der Waals surface area contributed by atoms with E-state index in [0.29, 0.717) is 52.9 Å². The lowest BCUT2D eigenvalue weighted by Gasteiger charge is -2.50. The summed E-state index contributed by atoms with van der Waals surface area (Å²) in [6.07, 6.45) is 5.84. The maximum atomic E-state index is 16.1. The number of nitrogens with one attached hydrogen (secondary N) is 3. The first-order valence-electron chi connectivity index (χ1n) is 22.5. The fourth-order valence-corrected chi connectivity index (χ4v) is 10.1. The smallest absolute Gasteiger partial charge is 0.293 e. The first-order chi connectivity index (χ1) is 31.3. The number of anilines is 4. The number of fused-ring (bicyclic) bond motifs is 2. The number of pyridine rings is 1. The maximum Gasteiger partial charge on any atom is 0.293 e. The molecule has 0 spiro atoms. The highest BCUT2D eigenvalue weighted by Gasteiger charge is 2.43. The third-order valence-corrected chi connectivity index (χ3v) is 13.7. The van der Waals surface area contributed by atoms with Crippen molar-refractivity contribution < 1.29 is 33.0 Å². The van der Waals surface area contributed by atoms with Gasteiger partial charge in [0.15, 0.2) is 24.0 Å². The van der Waals surface area contributed by atoms with Gasteiger partial charge in [-0.1, -0.05) is 11.6 Å². The summed E-state index contributed by atoms with van der Waals surface area (Å²) in [7, 11) is 1.51. The van der Waals surface area contributed by atoms with Crippen LogP contribution < -0.4 is 36.0 Å². The monoisotopic (exact) mass is 912 g/mol. The molecule has 1 aliphatic carbocycles. The first kappa shape index (κ1) is 44.4. The predicted molar refractivity (Wildman–Crippen MR) is 242 cm³/mol. The van der Waals surface area contributed by atoms with E-state index < -0.39 is 17.8 Å². The van der Waals surface area contributed by atoms with Crippen molar-refractivity contribution in [2.75, 3.05) is 61.5 Å². The summed E-state index contributed by atoms with van der Waals surface area (Å²) in [6.45, 7) is 9.27. The summed E-state index contributed by atoms with van der Waals surface area (Å²) < 4.78 is 30.0. The number of rotatable bonds is 12. The van der Waals surface area contributed by atoms with Gasteiger partial charge in [-0.15, -0.1) is 0 Å². The molecular weight excluding hydrogens is 859 g/mol. The van der Waals surface area contributed by atoms with Gasteiger partial charge in [0, 0.05) is 86.5 Å². The van der Waals surface area contributed by atoms with Crippen LogP contribution in [0.2, 0.25) is 5.02 Å². The molecule has 1 unspecified atom stereocenters. The Bertz CT molecular complexity index is 2600. The number of carbonyl (C=O) groups excluding carboxylic acids is 4. The Hall–Kier alpha value is -5.85. The molecule has 1 saturated carbocycles. The van der Waals surface area contributed by atoms with E-state index in [2.05, 4.69) is 42.6 Å². The van der Waals surface area contributed by atoms with E-state index in [4.69, 9.17) is 26.1 Å². The number of aromatic nitrogens is 3. The fourth-order valence-electron chi connectivity index (χ4n) is 9.92. The number of amides is 4. The molecule has 0 bridgehead atoms. The quantitative estimate of drug-likeness (QED) is 0.169. The molecule has 0 radical (unpaired) electrons. The summed E-state index contributed by atoms with van der Waals surface area (Å²) >= 11 is 6.60. The van der Waals surface area contributed by atoms with E-state index in [0.717, 1.165) is 56.2 Å². The highest BCUT2D eigenvalue weighted by Crippen LogP contribution is 2.38. The summed E-state index contributed by atoms with van der Waals surface area (Å²) in [6, 6.07) is 10.2. The molecule has 9 rings (SSSR count). The topological polar surface area (TPSA) is 184 Å². The average Bonchev–Trinajstić information content (AvgIpc) is 3.61. The number of hydrogen-bond donors (Lipinski definition) is 3. The minimum Gasteiger partial charge on any atom is -0.478 e. The molecule has 4 fully saturated rings. The lowest BCUT2D eigenvalue weighted by atomic mass is 9.86. The molecule has 2 aromatic carbocycles. The van der Waals surface area contributed by atoms with E-state index >= 15 is 4.39 Å². The zero-order valence-electron chi connectivity index (χ0n) is 36.9. The number of hydrogen-bond acceptors (Lipinski definition) is 13. The summed E-state index contributed by atoms with van der Waals surface area (Å²) in [4.78, 5) is 79.9. The third-order valence-electron chi connectivity index (χ3n) is 13.4. The lowest BCUT2D eigenvalue weighted by Crippen LogP contribution is -2.60. The Balaban J connectivity index is 0.757.